The lowest BCUT2D eigenvalue weighted by molar-refractivity contribution is -0.128. The minimum Gasteiger partial charge on any atom is -0.387 e. The van der Waals surface area contributed by atoms with Gasteiger partial charge in [0.1, 0.15) is 12.2 Å². The predicted molar refractivity (Wildman–Crippen MR) is 158 cm³/mol. The van der Waals surface area contributed by atoms with Crippen LogP contribution in [0.1, 0.15) is 68.3 Å². The molecule has 43 heavy (non-hydrogen) atoms. The molecule has 11 nitrogen and oxygen atoms in total. The molecule has 2 aliphatic rings. The van der Waals surface area contributed by atoms with Crippen LogP contribution in [-0.2, 0) is 9.53 Å². The van der Waals surface area contributed by atoms with Crippen LogP contribution in [0.15, 0.2) is 36.7 Å². The van der Waals surface area contributed by atoms with Gasteiger partial charge in [-0.25, -0.2) is 8.91 Å². The van der Waals surface area contributed by atoms with Crippen molar-refractivity contribution in [1.82, 2.24) is 25.2 Å². The van der Waals surface area contributed by atoms with Crippen LogP contribution in [0.25, 0.3) is 16.9 Å². The molecule has 3 aromatic rings. The highest BCUT2D eigenvalue weighted by atomic mass is 19.1. The van der Waals surface area contributed by atoms with Gasteiger partial charge in [0.25, 0.3) is 5.91 Å². The van der Waals surface area contributed by atoms with E-state index in [-0.39, 0.29) is 36.0 Å². The van der Waals surface area contributed by atoms with Crippen molar-refractivity contribution in [1.29, 1.82) is 5.26 Å². The summed E-state index contributed by atoms with van der Waals surface area (Å²) in [4.78, 5) is 30.4. The Morgan fingerprint density at radius 3 is 2.56 bits per heavy atom. The first-order chi connectivity index (χ1) is 20.6. The lowest BCUT2D eigenvalue weighted by Gasteiger charge is -2.32. The molecule has 1 unspecified atom stereocenters. The number of carbonyl (C=O) groups is 2. The molecule has 4 heterocycles. The molecule has 1 atom stereocenters. The van der Waals surface area contributed by atoms with E-state index in [4.69, 9.17) is 4.74 Å². The maximum Gasteiger partial charge on any atom is 0.255 e. The van der Waals surface area contributed by atoms with Crippen LogP contribution in [-0.4, -0.2) is 75.1 Å². The second-order valence-electron chi connectivity index (χ2n) is 11.9. The third-order valence-electron chi connectivity index (χ3n) is 8.27. The van der Waals surface area contributed by atoms with Crippen LogP contribution in [0.5, 0.6) is 0 Å². The number of aliphatic hydroxyl groups is 1. The summed E-state index contributed by atoms with van der Waals surface area (Å²) in [6.07, 6.45) is 5.96. The zero-order valence-corrected chi connectivity index (χ0v) is 24.5. The molecular weight excluding hydrogens is 553 g/mol. The molecule has 3 aromatic heterocycles. The topological polar surface area (TPSA) is 154 Å². The number of alkyl halides is 1. The molecule has 0 bridgehead atoms. The van der Waals surface area contributed by atoms with E-state index < -0.39 is 17.7 Å². The Balaban J connectivity index is 1.33. The summed E-state index contributed by atoms with van der Waals surface area (Å²) >= 11 is 0. The van der Waals surface area contributed by atoms with Crippen LogP contribution in [0, 0.1) is 17.2 Å². The van der Waals surface area contributed by atoms with Crippen molar-refractivity contribution >= 4 is 23.0 Å². The molecule has 12 heteroatoms. The molecule has 1 aliphatic carbocycles. The maximum atomic E-state index is 14.4. The summed E-state index contributed by atoms with van der Waals surface area (Å²) < 4.78 is 21.4. The van der Waals surface area contributed by atoms with Gasteiger partial charge in [-0.1, -0.05) is 0 Å². The average Bonchev–Trinajstić information content (AvgIpc) is 3.44. The number of ether oxygens (including phenoxy) is 1. The van der Waals surface area contributed by atoms with Crippen molar-refractivity contribution in [2.75, 3.05) is 25.1 Å². The van der Waals surface area contributed by atoms with Crippen molar-refractivity contribution in [3.05, 3.63) is 47.8 Å². The van der Waals surface area contributed by atoms with E-state index in [2.05, 4.69) is 32.1 Å². The van der Waals surface area contributed by atoms with Crippen LogP contribution < -0.4 is 16.0 Å². The molecule has 0 aromatic carbocycles. The molecule has 228 valence electrons. The van der Waals surface area contributed by atoms with Gasteiger partial charge in [-0.05, 0) is 76.6 Å². The number of amides is 2. The second kappa shape index (κ2) is 13.1. The van der Waals surface area contributed by atoms with Gasteiger partial charge < -0.3 is 25.8 Å². The van der Waals surface area contributed by atoms with E-state index in [0.29, 0.717) is 35.9 Å². The van der Waals surface area contributed by atoms with Gasteiger partial charge in [0.05, 0.1) is 52.1 Å². The zero-order chi connectivity index (χ0) is 30.6. The van der Waals surface area contributed by atoms with Crippen molar-refractivity contribution in [3.8, 4) is 17.5 Å². The van der Waals surface area contributed by atoms with Crippen LogP contribution in [0.2, 0.25) is 0 Å². The summed E-state index contributed by atoms with van der Waals surface area (Å²) in [6, 6.07) is 9.42. The first-order valence-corrected chi connectivity index (χ1v) is 14.8. The van der Waals surface area contributed by atoms with Gasteiger partial charge in [-0.15, -0.1) is 0 Å². The number of fused-ring (bicyclic) bond motifs is 1. The molecular formula is C31H38FN7O4. The minimum absolute atomic E-state index is 0.00681. The third-order valence-corrected chi connectivity index (χ3v) is 8.27. The molecule has 2 amide bonds. The molecule has 5 rings (SSSR count). The predicted octanol–water partition coefficient (Wildman–Crippen LogP) is 3.37. The monoisotopic (exact) mass is 591 g/mol. The molecule has 2 fully saturated rings. The fourth-order valence-corrected chi connectivity index (χ4v) is 5.56. The smallest absolute Gasteiger partial charge is 0.255 e. The van der Waals surface area contributed by atoms with Crippen molar-refractivity contribution < 1.29 is 23.8 Å². The second-order valence-corrected chi connectivity index (χ2v) is 11.9. The normalized spacial score (nSPS) is 20.3. The van der Waals surface area contributed by atoms with Crippen molar-refractivity contribution in [3.63, 3.8) is 0 Å². The summed E-state index contributed by atoms with van der Waals surface area (Å²) in [6.45, 7) is 3.60. The number of nitrogens with zero attached hydrogens (tertiary/aromatic N) is 4. The Hall–Kier alpha value is -4.08. The van der Waals surface area contributed by atoms with Crippen LogP contribution >= 0.6 is 0 Å². The molecule has 4 N–H and O–H groups in total. The summed E-state index contributed by atoms with van der Waals surface area (Å²) in [5.41, 5.74) is 1.62. The highest BCUT2D eigenvalue weighted by molar-refractivity contribution is 6.00. The van der Waals surface area contributed by atoms with Gasteiger partial charge in [0, 0.05) is 37.4 Å². The number of nitrogens with one attached hydrogen (secondary N) is 3. The highest BCUT2D eigenvalue weighted by Gasteiger charge is 2.29. The van der Waals surface area contributed by atoms with Crippen LogP contribution in [0.3, 0.4) is 0 Å². The molecule has 0 radical (unpaired) electrons. The Morgan fingerprint density at radius 2 is 1.86 bits per heavy atom. The fourth-order valence-electron chi connectivity index (χ4n) is 5.56. The highest BCUT2D eigenvalue weighted by Crippen LogP contribution is 2.29. The Morgan fingerprint density at radius 1 is 1.14 bits per heavy atom. The van der Waals surface area contributed by atoms with Gasteiger partial charge >= 0.3 is 0 Å². The van der Waals surface area contributed by atoms with Gasteiger partial charge in [0.15, 0.2) is 0 Å². The van der Waals surface area contributed by atoms with Gasteiger partial charge in [-0.3, -0.25) is 14.6 Å². The number of nitriles is 1. The Bertz CT molecular complexity index is 1500. The number of halogens is 1. The lowest BCUT2D eigenvalue weighted by Crippen LogP contribution is -2.44. The summed E-state index contributed by atoms with van der Waals surface area (Å²) in [5.74, 6) is -0.403. The number of hydrogen-bond acceptors (Lipinski definition) is 8. The first kappa shape index (κ1) is 30.4. The summed E-state index contributed by atoms with van der Waals surface area (Å²) in [7, 11) is 0. The van der Waals surface area contributed by atoms with E-state index in [1.54, 1.807) is 16.6 Å². The molecule has 0 spiro atoms. The zero-order valence-electron chi connectivity index (χ0n) is 24.5. The van der Waals surface area contributed by atoms with Crippen molar-refractivity contribution in [2.45, 2.75) is 76.2 Å². The number of rotatable bonds is 9. The number of aromatic nitrogens is 3. The van der Waals surface area contributed by atoms with E-state index in [9.17, 15) is 24.3 Å². The first-order valence-electron chi connectivity index (χ1n) is 14.8. The quantitative estimate of drug-likeness (QED) is 0.295. The molecule has 1 saturated heterocycles. The van der Waals surface area contributed by atoms with E-state index >= 15 is 0 Å². The number of pyridine rings is 1. The number of carbonyl (C=O) groups excluding carboxylic acids is 2. The Kier molecular flexibility index (Phi) is 9.22. The maximum absolute atomic E-state index is 14.4. The van der Waals surface area contributed by atoms with Crippen molar-refractivity contribution in [2.24, 2.45) is 5.92 Å². The molecule has 1 aliphatic heterocycles. The third kappa shape index (κ3) is 7.29. The fraction of sp³-hybridized carbons (Fsp3) is 0.516. The Labute approximate surface area is 249 Å². The average molecular weight is 592 g/mol. The van der Waals surface area contributed by atoms with Gasteiger partial charge in [0.2, 0.25) is 5.91 Å². The van der Waals surface area contributed by atoms with E-state index in [1.165, 1.54) is 26.2 Å². The molecule has 1 saturated carbocycles. The lowest BCUT2D eigenvalue weighted by atomic mass is 9.89. The van der Waals surface area contributed by atoms with Gasteiger partial charge in [-0.2, -0.15) is 10.4 Å². The minimum atomic E-state index is -1.65. The number of hydrogen-bond donors (Lipinski definition) is 4. The van der Waals surface area contributed by atoms with Crippen LogP contribution in [0.4, 0.5) is 10.1 Å². The van der Waals surface area contributed by atoms with E-state index in [1.807, 2.05) is 12.1 Å². The number of anilines is 1. The SMILES string of the molecule is CC(C)(O)C(F)CNC(=O)c1cnc(-c2ccc3cc(C#N)cnn23)cc1NC1CCC(NC(=O)C2CCOCC2)CC1. The van der Waals surface area contributed by atoms with E-state index in [0.717, 1.165) is 44.0 Å². The standard InChI is InChI=1S/C31H38FN7O4/c1-31(2,42)28(32)18-35-30(41)24-17-34-26(27-8-7-23-13-19(15-33)16-36-39(23)27)14-25(24)37-21-3-5-22(6-4-21)38-29(40)20-9-11-43-12-10-20/h7-8,13-14,16-17,20-22,28,42H,3-6,9-12,18H2,1-2H3,(H,34,37)(H,35,41)(H,38,40). The largest absolute Gasteiger partial charge is 0.387 e. The summed E-state index contributed by atoms with van der Waals surface area (Å²) in [5, 5.41) is 32.8.